The van der Waals surface area contributed by atoms with Gasteiger partial charge in [0.25, 0.3) is 0 Å². The lowest BCUT2D eigenvalue weighted by Gasteiger charge is -2.21. The van der Waals surface area contributed by atoms with Gasteiger partial charge >= 0.3 is 0 Å². The lowest BCUT2D eigenvalue weighted by Crippen LogP contribution is -2.25. The topological polar surface area (TPSA) is 46.8 Å². The number of rotatable bonds is 5. The highest BCUT2D eigenvalue weighted by Crippen LogP contribution is 2.31. The predicted octanol–water partition coefficient (Wildman–Crippen LogP) is 2.92. The highest BCUT2D eigenvalue weighted by Gasteiger charge is 2.30. The molecule has 0 saturated carbocycles. The summed E-state index contributed by atoms with van der Waals surface area (Å²) < 4.78 is 1.84. The summed E-state index contributed by atoms with van der Waals surface area (Å²) in [7, 11) is 0. The van der Waals surface area contributed by atoms with Crippen molar-refractivity contribution in [2.75, 3.05) is 18.0 Å². The second kappa shape index (κ2) is 6.24. The second-order valence-electron chi connectivity index (χ2n) is 5.80. The summed E-state index contributed by atoms with van der Waals surface area (Å²) in [5, 5.41) is 12.3. The maximum absolute atomic E-state index is 4.25. The molecule has 1 saturated heterocycles. The van der Waals surface area contributed by atoms with E-state index in [0.29, 0.717) is 0 Å². The van der Waals surface area contributed by atoms with Crippen LogP contribution in [0.2, 0.25) is 0 Å². The first-order valence-corrected chi connectivity index (χ1v) is 7.92. The Morgan fingerprint density at radius 3 is 2.67 bits per heavy atom. The molecule has 1 unspecified atom stereocenters. The van der Waals surface area contributed by atoms with Crippen LogP contribution in [0.3, 0.4) is 0 Å². The van der Waals surface area contributed by atoms with Gasteiger partial charge in [0, 0.05) is 13.1 Å². The number of anilines is 1. The molecule has 1 aliphatic heterocycles. The van der Waals surface area contributed by atoms with Crippen LogP contribution < -0.4 is 4.90 Å². The Morgan fingerprint density at radius 1 is 1.19 bits per heavy atom. The number of para-hydroxylation sites is 1. The van der Waals surface area contributed by atoms with Crippen molar-refractivity contribution in [2.24, 2.45) is 11.8 Å². The van der Waals surface area contributed by atoms with Crippen molar-refractivity contribution in [1.29, 1.82) is 0 Å². The number of tetrazole rings is 1. The van der Waals surface area contributed by atoms with Crippen LogP contribution in [-0.4, -0.2) is 33.3 Å². The molecule has 0 radical (unpaired) electrons. The Bertz CT molecular complexity index is 561. The van der Waals surface area contributed by atoms with Crippen LogP contribution >= 0.6 is 0 Å². The molecule has 1 aliphatic rings. The van der Waals surface area contributed by atoms with Crippen molar-refractivity contribution in [3.05, 3.63) is 30.3 Å². The van der Waals surface area contributed by atoms with Crippen LogP contribution in [0.25, 0.3) is 5.69 Å². The maximum atomic E-state index is 4.25. The van der Waals surface area contributed by atoms with Crippen LogP contribution in [0.15, 0.2) is 30.3 Å². The molecule has 5 heteroatoms. The standard InChI is InChI=1S/C16H23N5/c1-3-13(4-2)14-10-11-20(12-14)16-17-18-19-21(16)15-8-6-5-7-9-15/h5-9,13-14H,3-4,10-12H2,1-2H3. The minimum atomic E-state index is 0.765. The molecule has 1 aromatic heterocycles. The zero-order valence-corrected chi connectivity index (χ0v) is 12.8. The van der Waals surface area contributed by atoms with Crippen molar-refractivity contribution < 1.29 is 0 Å². The van der Waals surface area contributed by atoms with Crippen molar-refractivity contribution in [2.45, 2.75) is 33.1 Å². The highest BCUT2D eigenvalue weighted by molar-refractivity contribution is 5.41. The Hall–Kier alpha value is -1.91. The zero-order chi connectivity index (χ0) is 14.7. The third kappa shape index (κ3) is 2.77. The van der Waals surface area contributed by atoms with E-state index in [1.54, 1.807) is 0 Å². The van der Waals surface area contributed by atoms with Gasteiger partial charge in [-0.15, -0.1) is 0 Å². The fourth-order valence-corrected chi connectivity index (χ4v) is 3.42. The van der Waals surface area contributed by atoms with Crippen molar-refractivity contribution >= 4 is 5.95 Å². The third-order valence-electron chi connectivity index (χ3n) is 4.68. The van der Waals surface area contributed by atoms with Gasteiger partial charge in [-0.3, -0.25) is 0 Å². The van der Waals surface area contributed by atoms with E-state index in [1.807, 2.05) is 35.0 Å². The van der Waals surface area contributed by atoms with Gasteiger partial charge in [-0.2, -0.15) is 4.68 Å². The number of benzene rings is 1. The van der Waals surface area contributed by atoms with Crippen molar-refractivity contribution in [3.63, 3.8) is 0 Å². The Balaban J connectivity index is 1.79. The van der Waals surface area contributed by atoms with Gasteiger partial charge in [0.2, 0.25) is 5.95 Å². The average Bonchev–Trinajstić information content (AvgIpc) is 3.18. The van der Waals surface area contributed by atoms with Gasteiger partial charge in [-0.1, -0.05) is 50.0 Å². The van der Waals surface area contributed by atoms with Crippen LogP contribution in [0.5, 0.6) is 0 Å². The van der Waals surface area contributed by atoms with Gasteiger partial charge in [0.05, 0.1) is 5.69 Å². The van der Waals surface area contributed by atoms with E-state index >= 15 is 0 Å². The van der Waals surface area contributed by atoms with E-state index < -0.39 is 0 Å². The molecule has 2 aromatic rings. The van der Waals surface area contributed by atoms with E-state index in [1.165, 1.54) is 19.3 Å². The smallest absolute Gasteiger partial charge is 0.250 e. The fourth-order valence-electron chi connectivity index (χ4n) is 3.42. The average molecular weight is 285 g/mol. The molecule has 1 aromatic carbocycles. The molecule has 1 atom stereocenters. The first-order chi connectivity index (χ1) is 10.3. The predicted molar refractivity (Wildman–Crippen MR) is 83.5 cm³/mol. The summed E-state index contributed by atoms with van der Waals surface area (Å²) in [5.41, 5.74) is 1.02. The molecular formula is C16H23N5. The van der Waals surface area contributed by atoms with Gasteiger partial charge in [0.1, 0.15) is 0 Å². The molecule has 0 N–H and O–H groups in total. The summed E-state index contributed by atoms with van der Waals surface area (Å²) >= 11 is 0. The van der Waals surface area contributed by atoms with Crippen LogP contribution in [-0.2, 0) is 0 Å². The van der Waals surface area contributed by atoms with E-state index in [2.05, 4.69) is 34.3 Å². The van der Waals surface area contributed by atoms with Gasteiger partial charge in [-0.25, -0.2) is 0 Å². The highest BCUT2D eigenvalue weighted by atomic mass is 15.6. The summed E-state index contributed by atoms with van der Waals surface area (Å²) in [6.07, 6.45) is 3.77. The molecule has 0 amide bonds. The molecule has 0 bridgehead atoms. The molecule has 1 fully saturated rings. The lowest BCUT2D eigenvalue weighted by molar-refractivity contribution is 0.338. The Labute approximate surface area is 126 Å². The van der Waals surface area contributed by atoms with Crippen LogP contribution in [0.1, 0.15) is 33.1 Å². The molecule has 2 heterocycles. The fraction of sp³-hybridized carbons (Fsp3) is 0.562. The second-order valence-corrected chi connectivity index (χ2v) is 5.80. The third-order valence-corrected chi connectivity index (χ3v) is 4.68. The van der Waals surface area contributed by atoms with Crippen molar-refractivity contribution in [1.82, 2.24) is 20.2 Å². The summed E-state index contributed by atoms with van der Waals surface area (Å²) in [6, 6.07) is 10.1. The van der Waals surface area contributed by atoms with Gasteiger partial charge < -0.3 is 4.90 Å². The molecule has 112 valence electrons. The van der Waals surface area contributed by atoms with E-state index in [9.17, 15) is 0 Å². The quantitative estimate of drug-likeness (QED) is 0.847. The number of hydrogen-bond donors (Lipinski definition) is 0. The Kier molecular flexibility index (Phi) is 4.18. The summed E-state index contributed by atoms with van der Waals surface area (Å²) in [5.74, 6) is 2.45. The molecule has 3 rings (SSSR count). The van der Waals surface area contributed by atoms with Crippen molar-refractivity contribution in [3.8, 4) is 5.69 Å². The Morgan fingerprint density at radius 2 is 1.95 bits per heavy atom. The molecular weight excluding hydrogens is 262 g/mol. The normalized spacial score (nSPS) is 18.6. The molecule has 0 spiro atoms. The molecule has 5 nitrogen and oxygen atoms in total. The first-order valence-electron chi connectivity index (χ1n) is 7.92. The SMILES string of the molecule is CCC(CC)C1CCN(c2nnnn2-c2ccccc2)C1. The summed E-state index contributed by atoms with van der Waals surface area (Å²) in [6.45, 7) is 6.71. The van der Waals surface area contributed by atoms with Crippen LogP contribution in [0, 0.1) is 11.8 Å². The number of hydrogen-bond acceptors (Lipinski definition) is 4. The largest absolute Gasteiger partial charge is 0.339 e. The van der Waals surface area contributed by atoms with Gasteiger partial charge in [-0.05, 0) is 40.8 Å². The van der Waals surface area contributed by atoms with E-state index in [4.69, 9.17) is 0 Å². The van der Waals surface area contributed by atoms with Gasteiger partial charge in [0.15, 0.2) is 0 Å². The van der Waals surface area contributed by atoms with Crippen LogP contribution in [0.4, 0.5) is 5.95 Å². The number of aromatic nitrogens is 4. The van der Waals surface area contributed by atoms with E-state index in [0.717, 1.165) is 36.6 Å². The monoisotopic (exact) mass is 285 g/mol. The van der Waals surface area contributed by atoms with E-state index in [-0.39, 0.29) is 0 Å². The molecule has 0 aliphatic carbocycles. The molecule has 21 heavy (non-hydrogen) atoms. The zero-order valence-electron chi connectivity index (χ0n) is 12.8. The minimum absolute atomic E-state index is 0.765. The first kappa shape index (κ1) is 14.0. The minimum Gasteiger partial charge on any atom is -0.339 e. The maximum Gasteiger partial charge on any atom is 0.250 e. The lowest BCUT2D eigenvalue weighted by atomic mass is 9.87. The number of nitrogens with zero attached hydrogens (tertiary/aromatic N) is 5. The summed E-state index contributed by atoms with van der Waals surface area (Å²) in [4.78, 5) is 2.33.